The van der Waals surface area contributed by atoms with Crippen LogP contribution < -0.4 is 4.74 Å². The van der Waals surface area contributed by atoms with E-state index in [1.54, 1.807) is 30.5 Å². The summed E-state index contributed by atoms with van der Waals surface area (Å²) < 4.78 is 31.7. The molecular weight excluding hydrogens is 485 g/mol. The summed E-state index contributed by atoms with van der Waals surface area (Å²) in [6.45, 7) is 1.77. The topological polar surface area (TPSA) is 88.6 Å². The fourth-order valence-electron chi connectivity index (χ4n) is 5.07. The van der Waals surface area contributed by atoms with Crippen molar-refractivity contribution in [3.63, 3.8) is 0 Å². The molecule has 0 aliphatic carbocycles. The maximum atomic E-state index is 14.0. The minimum atomic E-state index is -1.22. The van der Waals surface area contributed by atoms with Gasteiger partial charge in [-0.15, -0.1) is 0 Å². The minimum absolute atomic E-state index is 0.0393. The summed E-state index contributed by atoms with van der Waals surface area (Å²) in [7, 11) is 0. The van der Waals surface area contributed by atoms with Crippen LogP contribution in [-0.2, 0) is 4.74 Å². The molecule has 0 radical (unpaired) electrons. The number of rotatable bonds is 5. The van der Waals surface area contributed by atoms with Crippen molar-refractivity contribution in [3.8, 4) is 34.3 Å². The normalized spacial score (nSPS) is 18.0. The summed E-state index contributed by atoms with van der Waals surface area (Å²) in [5.41, 5.74) is 4.59. The molecule has 1 amide bonds. The molecule has 38 heavy (non-hydrogen) atoms. The zero-order valence-corrected chi connectivity index (χ0v) is 20.7. The fourth-order valence-corrected chi connectivity index (χ4v) is 5.07. The molecule has 2 fully saturated rings. The van der Waals surface area contributed by atoms with E-state index in [0.717, 1.165) is 29.5 Å². The molecule has 4 heterocycles. The van der Waals surface area contributed by atoms with Crippen LogP contribution >= 0.6 is 0 Å². The lowest BCUT2D eigenvalue weighted by Gasteiger charge is -2.23. The van der Waals surface area contributed by atoms with Gasteiger partial charge in [0.1, 0.15) is 29.2 Å². The molecule has 2 aromatic heterocycles. The molecule has 192 valence electrons. The van der Waals surface area contributed by atoms with Gasteiger partial charge in [-0.05, 0) is 48.7 Å². The number of nitriles is 1. The van der Waals surface area contributed by atoms with E-state index >= 15 is 0 Å². The van der Waals surface area contributed by atoms with Crippen LogP contribution in [0.25, 0.3) is 33.6 Å². The molecule has 1 unspecified atom stereocenters. The average Bonchev–Trinajstić information content (AvgIpc) is 3.60. The lowest BCUT2D eigenvalue weighted by molar-refractivity contribution is 0.0254. The van der Waals surface area contributed by atoms with E-state index in [2.05, 4.69) is 11.1 Å². The van der Waals surface area contributed by atoms with Crippen molar-refractivity contribution in [2.24, 2.45) is 0 Å². The highest BCUT2D eigenvalue weighted by molar-refractivity contribution is 5.96. The first-order valence-corrected chi connectivity index (χ1v) is 12.8. The molecule has 6 rings (SSSR count). The highest BCUT2D eigenvalue weighted by atomic mass is 19.1. The van der Waals surface area contributed by atoms with Gasteiger partial charge in [0.05, 0.1) is 18.8 Å². The molecule has 7 nitrogen and oxygen atoms in total. The Morgan fingerprint density at radius 3 is 2.58 bits per heavy atom. The molecule has 2 saturated heterocycles. The van der Waals surface area contributed by atoms with E-state index in [1.165, 1.54) is 4.90 Å². The number of furan rings is 1. The van der Waals surface area contributed by atoms with Gasteiger partial charge < -0.3 is 18.8 Å². The van der Waals surface area contributed by atoms with Gasteiger partial charge in [0.2, 0.25) is 0 Å². The van der Waals surface area contributed by atoms with Crippen molar-refractivity contribution in [2.75, 3.05) is 19.8 Å². The number of likely N-dealkylation sites (tertiary alicyclic amines) is 1. The van der Waals surface area contributed by atoms with Gasteiger partial charge in [-0.3, -0.25) is 9.78 Å². The summed E-state index contributed by atoms with van der Waals surface area (Å²) in [6, 6.07) is 18.5. The quantitative estimate of drug-likeness (QED) is 0.300. The van der Waals surface area contributed by atoms with Gasteiger partial charge in [-0.25, -0.2) is 4.39 Å². The zero-order chi connectivity index (χ0) is 26.1. The molecule has 2 aliphatic heterocycles. The van der Waals surface area contributed by atoms with Gasteiger partial charge in [-0.1, -0.05) is 18.2 Å². The number of carbonyl (C=O) groups is 1. The van der Waals surface area contributed by atoms with Gasteiger partial charge >= 0.3 is 0 Å². The Bertz CT molecular complexity index is 1520. The summed E-state index contributed by atoms with van der Waals surface area (Å²) in [6.07, 6.45) is 3.21. The number of ether oxygens (including phenoxy) is 2. The number of hydrogen-bond acceptors (Lipinski definition) is 6. The summed E-state index contributed by atoms with van der Waals surface area (Å²) >= 11 is 0. The zero-order valence-electron chi connectivity index (χ0n) is 20.7. The van der Waals surface area contributed by atoms with Crippen LogP contribution in [0.3, 0.4) is 0 Å². The Morgan fingerprint density at radius 1 is 1.05 bits per heavy atom. The maximum Gasteiger partial charge on any atom is 0.256 e. The smallest absolute Gasteiger partial charge is 0.256 e. The second-order valence-electron chi connectivity index (χ2n) is 9.59. The number of fused-ring (bicyclic) bond motifs is 1. The Balaban J connectivity index is 1.28. The number of carbonyl (C=O) groups excluding carboxylic acids is 1. The largest absolute Gasteiger partial charge is 0.489 e. The van der Waals surface area contributed by atoms with Gasteiger partial charge in [-0.2, -0.15) is 5.26 Å². The van der Waals surface area contributed by atoms with Crippen LogP contribution in [-0.4, -0.2) is 47.9 Å². The first kappa shape index (κ1) is 24.1. The number of benzene rings is 2. The monoisotopic (exact) mass is 511 g/mol. The average molecular weight is 512 g/mol. The molecular formula is C30H26FN3O4. The summed E-state index contributed by atoms with van der Waals surface area (Å²) in [4.78, 5) is 18.4. The van der Waals surface area contributed by atoms with Crippen molar-refractivity contribution >= 4 is 17.0 Å². The fraction of sp³-hybridized carbons (Fsp3) is 0.300. The SMILES string of the molecule is N#Cc1cc(-c2ccnc3cc(-c4ccc(C(=O)N5CCCC5F)cc4)oc23)ccc1OC1CCOCC1. The Hall–Kier alpha value is -4.22. The van der Waals surface area contributed by atoms with E-state index in [0.29, 0.717) is 66.3 Å². The highest BCUT2D eigenvalue weighted by Gasteiger charge is 2.29. The number of pyridine rings is 1. The number of hydrogen-bond donors (Lipinski definition) is 0. The molecule has 0 N–H and O–H groups in total. The van der Waals surface area contributed by atoms with E-state index in [9.17, 15) is 14.4 Å². The molecule has 0 spiro atoms. The third-order valence-electron chi connectivity index (χ3n) is 7.14. The molecule has 0 bridgehead atoms. The standard InChI is InChI=1S/C30H26FN3O4/c31-28-2-1-13-34(28)30(35)20-5-3-19(4-6-20)27-17-25-29(38-27)24(9-12-33-25)21-7-8-26(22(16-21)18-32)37-23-10-14-36-15-11-23/h3-9,12,16-17,23,28H,1-2,10-11,13-15H2. The second-order valence-corrected chi connectivity index (χ2v) is 9.59. The van der Waals surface area contributed by atoms with Crippen molar-refractivity contribution in [2.45, 2.75) is 38.1 Å². The van der Waals surface area contributed by atoms with Crippen molar-refractivity contribution in [1.29, 1.82) is 5.26 Å². The van der Waals surface area contributed by atoms with Crippen LogP contribution in [0.15, 0.2) is 65.2 Å². The van der Waals surface area contributed by atoms with Gasteiger partial charge in [0.25, 0.3) is 5.91 Å². The minimum Gasteiger partial charge on any atom is -0.489 e. The Labute approximate surface area is 219 Å². The first-order chi connectivity index (χ1) is 18.6. The van der Waals surface area contributed by atoms with Gasteiger partial charge in [0.15, 0.2) is 11.9 Å². The molecule has 1 atom stereocenters. The third kappa shape index (κ3) is 4.61. The molecule has 8 heteroatoms. The first-order valence-electron chi connectivity index (χ1n) is 12.8. The number of halogens is 1. The third-order valence-corrected chi connectivity index (χ3v) is 7.14. The van der Waals surface area contributed by atoms with Gasteiger partial charge in [0, 0.05) is 48.3 Å². The molecule has 0 saturated carbocycles. The van der Waals surface area contributed by atoms with Crippen LogP contribution in [0.5, 0.6) is 5.75 Å². The number of nitrogens with zero attached hydrogens (tertiary/aromatic N) is 3. The van der Waals surface area contributed by atoms with Crippen molar-refractivity contribution in [3.05, 3.63) is 71.9 Å². The Morgan fingerprint density at radius 2 is 1.84 bits per heavy atom. The second kappa shape index (κ2) is 10.3. The molecule has 4 aromatic rings. The van der Waals surface area contributed by atoms with E-state index < -0.39 is 6.30 Å². The number of aromatic nitrogens is 1. The van der Waals surface area contributed by atoms with Crippen LogP contribution in [0, 0.1) is 11.3 Å². The van der Waals surface area contributed by atoms with E-state index in [1.807, 2.05) is 30.3 Å². The number of alkyl halides is 1. The van der Waals surface area contributed by atoms with Crippen molar-refractivity contribution in [1.82, 2.24) is 9.88 Å². The van der Waals surface area contributed by atoms with E-state index in [4.69, 9.17) is 13.9 Å². The summed E-state index contributed by atoms with van der Waals surface area (Å²) in [5, 5.41) is 9.79. The summed E-state index contributed by atoms with van der Waals surface area (Å²) in [5.74, 6) is 0.868. The lowest BCUT2D eigenvalue weighted by Crippen LogP contribution is -2.32. The predicted molar refractivity (Wildman–Crippen MR) is 139 cm³/mol. The molecule has 2 aliphatic rings. The Kier molecular flexibility index (Phi) is 6.52. The lowest BCUT2D eigenvalue weighted by atomic mass is 10.0. The van der Waals surface area contributed by atoms with E-state index in [-0.39, 0.29) is 12.0 Å². The van der Waals surface area contributed by atoms with Crippen LogP contribution in [0.1, 0.15) is 41.6 Å². The van der Waals surface area contributed by atoms with Crippen LogP contribution in [0.2, 0.25) is 0 Å². The number of amides is 1. The maximum absolute atomic E-state index is 14.0. The van der Waals surface area contributed by atoms with Crippen molar-refractivity contribution < 1.29 is 23.1 Å². The molecule has 2 aromatic carbocycles. The van der Waals surface area contributed by atoms with Crippen LogP contribution in [0.4, 0.5) is 4.39 Å². The predicted octanol–water partition coefficient (Wildman–Crippen LogP) is 6.12. The highest BCUT2D eigenvalue weighted by Crippen LogP contribution is 2.36.